The molecule has 0 atom stereocenters. The molecule has 1 aliphatic rings. The van der Waals surface area contributed by atoms with Crippen LogP contribution in [0.1, 0.15) is 35.7 Å². The molecular weight excluding hydrogens is 264 g/mol. The molecule has 1 fully saturated rings. The molecule has 7 nitrogen and oxygen atoms in total. The number of aryl methyl sites for hydroxylation is 1. The minimum Gasteiger partial charge on any atom is -0.463 e. The quantitative estimate of drug-likeness (QED) is 0.664. The first kappa shape index (κ1) is 14.1. The van der Waals surface area contributed by atoms with E-state index in [9.17, 15) is 14.4 Å². The number of carbonyl (C=O) groups excluding carboxylic acids is 3. The van der Waals surface area contributed by atoms with E-state index < -0.39 is 17.5 Å². The van der Waals surface area contributed by atoms with Crippen molar-refractivity contribution in [3.8, 4) is 0 Å². The molecule has 0 unspecified atom stereocenters. The Balaban J connectivity index is 2.21. The second kappa shape index (κ2) is 4.66. The highest BCUT2D eigenvalue weighted by atomic mass is 16.5. The largest absolute Gasteiger partial charge is 0.463 e. The number of urea groups is 1. The highest BCUT2D eigenvalue weighted by Gasteiger charge is 2.44. The van der Waals surface area contributed by atoms with Gasteiger partial charge in [0, 0.05) is 5.56 Å². The second-order valence-corrected chi connectivity index (χ2v) is 5.16. The third-order valence-corrected chi connectivity index (χ3v) is 3.10. The van der Waals surface area contributed by atoms with Crippen molar-refractivity contribution in [2.45, 2.75) is 32.9 Å². The number of nitrogens with one attached hydrogen (secondary N) is 1. The van der Waals surface area contributed by atoms with Crippen molar-refractivity contribution in [3.05, 3.63) is 23.2 Å². The van der Waals surface area contributed by atoms with E-state index in [4.69, 9.17) is 4.42 Å². The van der Waals surface area contributed by atoms with Crippen LogP contribution in [0.15, 0.2) is 10.5 Å². The highest BCUT2D eigenvalue weighted by Crippen LogP contribution is 2.22. The van der Waals surface area contributed by atoms with Gasteiger partial charge in [-0.05, 0) is 26.8 Å². The fourth-order valence-electron chi connectivity index (χ4n) is 2.04. The number of nitrogens with zero attached hydrogens (tertiary/aromatic N) is 1. The van der Waals surface area contributed by atoms with Gasteiger partial charge in [-0.2, -0.15) is 0 Å². The van der Waals surface area contributed by atoms with Gasteiger partial charge in [0.1, 0.15) is 11.3 Å². The number of furan rings is 1. The van der Waals surface area contributed by atoms with E-state index in [1.807, 2.05) is 0 Å². The molecule has 0 spiro atoms. The fraction of sp³-hybridized carbons (Fsp3) is 0.462. The first-order valence-electron chi connectivity index (χ1n) is 6.08. The molecule has 0 radical (unpaired) electrons. The standard InChI is InChI=1S/C13H16N2O5/c1-7-5-8(20-9(7)10(16)19-4)6-15-11(17)13(2,3)14-12(15)18/h5H,6H2,1-4H3,(H,14,18). The van der Waals surface area contributed by atoms with Crippen LogP contribution in [0.5, 0.6) is 0 Å². The zero-order valence-electron chi connectivity index (χ0n) is 11.8. The number of amides is 3. The van der Waals surface area contributed by atoms with Gasteiger partial charge in [-0.15, -0.1) is 0 Å². The number of hydrogen-bond acceptors (Lipinski definition) is 5. The summed E-state index contributed by atoms with van der Waals surface area (Å²) in [5.74, 6) is -0.500. The summed E-state index contributed by atoms with van der Waals surface area (Å²) >= 11 is 0. The summed E-state index contributed by atoms with van der Waals surface area (Å²) in [6, 6.07) is 1.13. The van der Waals surface area contributed by atoms with Crippen LogP contribution in [0.25, 0.3) is 0 Å². The van der Waals surface area contributed by atoms with E-state index in [1.165, 1.54) is 7.11 Å². The fourth-order valence-corrected chi connectivity index (χ4v) is 2.04. The smallest absolute Gasteiger partial charge is 0.374 e. The summed E-state index contributed by atoms with van der Waals surface area (Å²) < 4.78 is 9.93. The number of ether oxygens (including phenoxy) is 1. The van der Waals surface area contributed by atoms with Gasteiger partial charge in [0.05, 0.1) is 13.7 Å². The molecule has 3 amide bonds. The highest BCUT2D eigenvalue weighted by molar-refractivity contribution is 6.06. The Bertz CT molecular complexity index is 588. The first-order chi connectivity index (χ1) is 9.26. The molecule has 1 saturated heterocycles. The van der Waals surface area contributed by atoms with Gasteiger partial charge in [-0.1, -0.05) is 0 Å². The van der Waals surface area contributed by atoms with E-state index in [0.29, 0.717) is 11.3 Å². The Hall–Kier alpha value is -2.31. The molecule has 2 heterocycles. The van der Waals surface area contributed by atoms with Gasteiger partial charge in [0.25, 0.3) is 5.91 Å². The lowest BCUT2D eigenvalue weighted by atomic mass is 10.1. The summed E-state index contributed by atoms with van der Waals surface area (Å²) in [5, 5.41) is 2.57. The van der Waals surface area contributed by atoms with E-state index in [0.717, 1.165) is 4.90 Å². The molecule has 0 aromatic carbocycles. The zero-order chi connectivity index (χ0) is 15.1. The summed E-state index contributed by atoms with van der Waals surface area (Å²) in [5.41, 5.74) is -0.331. The number of hydrogen-bond donors (Lipinski definition) is 1. The average Bonchev–Trinajstić information content (AvgIpc) is 2.82. The molecular formula is C13H16N2O5. The first-order valence-corrected chi connectivity index (χ1v) is 6.08. The average molecular weight is 280 g/mol. The van der Waals surface area contributed by atoms with Crippen molar-refractivity contribution in [3.63, 3.8) is 0 Å². The molecule has 1 aliphatic heterocycles. The van der Waals surface area contributed by atoms with E-state index in [2.05, 4.69) is 10.1 Å². The van der Waals surface area contributed by atoms with Crippen LogP contribution in [0.2, 0.25) is 0 Å². The Morgan fingerprint density at radius 1 is 1.45 bits per heavy atom. The summed E-state index contributed by atoms with van der Waals surface area (Å²) in [4.78, 5) is 36.3. The monoisotopic (exact) mass is 280 g/mol. The SMILES string of the molecule is COC(=O)c1oc(CN2C(=O)NC(C)(C)C2=O)cc1C. The molecule has 20 heavy (non-hydrogen) atoms. The lowest BCUT2D eigenvalue weighted by molar-refractivity contribution is -0.130. The third kappa shape index (κ3) is 2.26. The van der Waals surface area contributed by atoms with Gasteiger partial charge in [-0.3, -0.25) is 9.69 Å². The summed E-state index contributed by atoms with van der Waals surface area (Å²) in [6.07, 6.45) is 0. The van der Waals surface area contributed by atoms with Gasteiger partial charge < -0.3 is 14.5 Å². The Labute approximate surface area is 115 Å². The van der Waals surface area contributed by atoms with Gasteiger partial charge in [-0.25, -0.2) is 9.59 Å². The third-order valence-electron chi connectivity index (χ3n) is 3.10. The molecule has 0 bridgehead atoms. The van der Waals surface area contributed by atoms with Crippen LogP contribution in [0, 0.1) is 6.92 Å². The van der Waals surface area contributed by atoms with Crippen molar-refractivity contribution >= 4 is 17.9 Å². The number of rotatable bonds is 3. The zero-order valence-corrected chi connectivity index (χ0v) is 11.8. The molecule has 0 saturated carbocycles. The maximum atomic E-state index is 12.0. The van der Waals surface area contributed by atoms with Crippen LogP contribution in [0.4, 0.5) is 4.79 Å². The Kier molecular flexibility index (Phi) is 3.29. The molecule has 1 aromatic heterocycles. The molecule has 0 aliphatic carbocycles. The van der Waals surface area contributed by atoms with Crippen molar-refractivity contribution in [1.29, 1.82) is 0 Å². The second-order valence-electron chi connectivity index (χ2n) is 5.16. The lowest BCUT2D eigenvalue weighted by Gasteiger charge is -2.14. The molecule has 1 N–H and O–H groups in total. The van der Waals surface area contributed by atoms with Crippen molar-refractivity contribution in [1.82, 2.24) is 10.2 Å². The van der Waals surface area contributed by atoms with Gasteiger partial charge >= 0.3 is 12.0 Å². The maximum absolute atomic E-state index is 12.0. The van der Waals surface area contributed by atoms with Crippen LogP contribution in [0.3, 0.4) is 0 Å². The summed E-state index contributed by atoms with van der Waals surface area (Å²) in [7, 11) is 1.25. The van der Waals surface area contributed by atoms with Crippen LogP contribution in [-0.2, 0) is 16.1 Å². The Morgan fingerprint density at radius 2 is 2.10 bits per heavy atom. The van der Waals surface area contributed by atoms with Gasteiger partial charge in [0.2, 0.25) is 5.76 Å². The predicted octanol–water partition coefficient (Wildman–Crippen LogP) is 1.21. The van der Waals surface area contributed by atoms with Crippen molar-refractivity contribution < 1.29 is 23.5 Å². The summed E-state index contributed by atoms with van der Waals surface area (Å²) in [6.45, 7) is 4.92. The molecule has 1 aromatic rings. The van der Waals surface area contributed by atoms with Crippen molar-refractivity contribution in [2.24, 2.45) is 0 Å². The molecule has 2 rings (SSSR count). The van der Waals surface area contributed by atoms with Crippen molar-refractivity contribution in [2.75, 3.05) is 7.11 Å². The minimum atomic E-state index is -0.927. The van der Waals surface area contributed by atoms with E-state index in [1.54, 1.807) is 26.8 Å². The van der Waals surface area contributed by atoms with Crippen LogP contribution >= 0.6 is 0 Å². The number of methoxy groups -OCH3 is 1. The lowest BCUT2D eigenvalue weighted by Crippen LogP contribution is -2.40. The predicted molar refractivity (Wildman–Crippen MR) is 67.9 cm³/mol. The minimum absolute atomic E-state index is 0.0219. The number of esters is 1. The normalized spacial score (nSPS) is 17.3. The van der Waals surface area contributed by atoms with Crippen LogP contribution < -0.4 is 5.32 Å². The topological polar surface area (TPSA) is 88.8 Å². The maximum Gasteiger partial charge on any atom is 0.374 e. The van der Waals surface area contributed by atoms with E-state index in [-0.39, 0.29) is 18.2 Å². The Morgan fingerprint density at radius 3 is 2.60 bits per heavy atom. The molecule has 7 heteroatoms. The van der Waals surface area contributed by atoms with Crippen LogP contribution in [-0.4, -0.2) is 35.5 Å². The van der Waals surface area contributed by atoms with Gasteiger partial charge in [0.15, 0.2) is 0 Å². The van der Waals surface area contributed by atoms with E-state index >= 15 is 0 Å². The molecule has 108 valence electrons. The number of imide groups is 1. The number of carbonyl (C=O) groups is 3.